The van der Waals surface area contributed by atoms with Gasteiger partial charge < -0.3 is 10.4 Å². The summed E-state index contributed by atoms with van der Waals surface area (Å²) in [5.41, 5.74) is 0.0208. The second kappa shape index (κ2) is 5.10. The number of halogens is 2. The SMILES string of the molecule is CC(C)(C)CNc1nc(Cl)c(Cl)cc1C(=O)O. The third-order valence-corrected chi connectivity index (χ3v) is 2.62. The minimum absolute atomic E-state index is 0.00354. The molecule has 1 aromatic rings. The number of hydrogen-bond acceptors (Lipinski definition) is 3. The van der Waals surface area contributed by atoms with Gasteiger partial charge in [-0.15, -0.1) is 0 Å². The predicted molar refractivity (Wildman–Crippen MR) is 69.2 cm³/mol. The second-order valence-corrected chi connectivity index (χ2v) is 5.64. The van der Waals surface area contributed by atoms with Gasteiger partial charge in [-0.05, 0) is 11.5 Å². The highest BCUT2D eigenvalue weighted by atomic mass is 35.5. The molecule has 17 heavy (non-hydrogen) atoms. The molecule has 0 aliphatic rings. The highest BCUT2D eigenvalue weighted by Crippen LogP contribution is 2.26. The van der Waals surface area contributed by atoms with Gasteiger partial charge in [-0.25, -0.2) is 9.78 Å². The van der Waals surface area contributed by atoms with Gasteiger partial charge in [0.15, 0.2) is 0 Å². The zero-order valence-electron chi connectivity index (χ0n) is 9.84. The molecule has 1 rings (SSSR count). The van der Waals surface area contributed by atoms with Crippen molar-refractivity contribution in [3.8, 4) is 0 Å². The lowest BCUT2D eigenvalue weighted by atomic mass is 9.97. The maximum atomic E-state index is 11.0. The van der Waals surface area contributed by atoms with Crippen LogP contribution in [-0.4, -0.2) is 22.6 Å². The Hall–Kier alpha value is -1.00. The molecule has 0 spiro atoms. The Morgan fingerprint density at radius 1 is 1.47 bits per heavy atom. The van der Waals surface area contributed by atoms with Crippen molar-refractivity contribution >= 4 is 35.0 Å². The van der Waals surface area contributed by atoms with E-state index in [-0.39, 0.29) is 27.0 Å². The molecule has 0 fully saturated rings. The lowest BCUT2D eigenvalue weighted by molar-refractivity contribution is 0.0697. The van der Waals surface area contributed by atoms with Gasteiger partial charge in [0.25, 0.3) is 0 Å². The largest absolute Gasteiger partial charge is 0.478 e. The van der Waals surface area contributed by atoms with Crippen LogP contribution in [0.5, 0.6) is 0 Å². The molecule has 0 aromatic carbocycles. The van der Waals surface area contributed by atoms with E-state index in [4.69, 9.17) is 28.3 Å². The third kappa shape index (κ3) is 4.06. The van der Waals surface area contributed by atoms with E-state index in [0.29, 0.717) is 6.54 Å². The standard InChI is InChI=1S/C11H14Cl2N2O2/c1-11(2,3)5-14-9-6(10(16)17)4-7(12)8(13)15-9/h4H,5H2,1-3H3,(H,14,15)(H,16,17). The fourth-order valence-electron chi connectivity index (χ4n) is 1.11. The van der Waals surface area contributed by atoms with Crippen molar-refractivity contribution in [1.29, 1.82) is 0 Å². The van der Waals surface area contributed by atoms with E-state index in [2.05, 4.69) is 10.3 Å². The summed E-state index contributed by atoms with van der Waals surface area (Å²) in [6, 6.07) is 1.30. The number of carboxylic acid groups (broad SMARTS) is 1. The molecule has 0 amide bonds. The first-order valence-electron chi connectivity index (χ1n) is 5.04. The van der Waals surface area contributed by atoms with Gasteiger partial charge in [0.2, 0.25) is 0 Å². The highest BCUT2D eigenvalue weighted by Gasteiger charge is 2.17. The number of rotatable bonds is 3. The molecule has 94 valence electrons. The molecule has 0 saturated carbocycles. The van der Waals surface area contributed by atoms with E-state index < -0.39 is 5.97 Å². The molecular formula is C11H14Cl2N2O2. The second-order valence-electron chi connectivity index (χ2n) is 4.88. The van der Waals surface area contributed by atoms with Gasteiger partial charge in [0.05, 0.1) is 5.02 Å². The first-order chi connectivity index (χ1) is 7.70. The minimum Gasteiger partial charge on any atom is -0.478 e. The summed E-state index contributed by atoms with van der Waals surface area (Å²) in [7, 11) is 0. The summed E-state index contributed by atoms with van der Waals surface area (Å²) in [6.07, 6.45) is 0. The molecule has 1 aromatic heterocycles. The van der Waals surface area contributed by atoms with Crippen LogP contribution in [0.25, 0.3) is 0 Å². The van der Waals surface area contributed by atoms with Crippen molar-refractivity contribution in [3.63, 3.8) is 0 Å². The number of carboxylic acids is 1. The van der Waals surface area contributed by atoms with Crippen molar-refractivity contribution in [2.75, 3.05) is 11.9 Å². The van der Waals surface area contributed by atoms with Gasteiger partial charge >= 0.3 is 5.97 Å². The van der Waals surface area contributed by atoms with Crippen molar-refractivity contribution in [3.05, 3.63) is 21.8 Å². The number of nitrogens with one attached hydrogen (secondary N) is 1. The van der Waals surface area contributed by atoms with Gasteiger partial charge in [-0.1, -0.05) is 44.0 Å². The molecular weight excluding hydrogens is 263 g/mol. The molecule has 0 aliphatic carbocycles. The van der Waals surface area contributed by atoms with Crippen LogP contribution in [0.1, 0.15) is 31.1 Å². The zero-order chi connectivity index (χ0) is 13.2. The molecule has 0 unspecified atom stereocenters. The van der Waals surface area contributed by atoms with Crippen LogP contribution >= 0.6 is 23.2 Å². The first kappa shape index (κ1) is 14.1. The zero-order valence-corrected chi connectivity index (χ0v) is 11.4. The smallest absolute Gasteiger partial charge is 0.339 e. The summed E-state index contributed by atoms with van der Waals surface area (Å²) < 4.78 is 0. The highest BCUT2D eigenvalue weighted by molar-refractivity contribution is 6.41. The van der Waals surface area contributed by atoms with Gasteiger partial charge in [0.1, 0.15) is 16.5 Å². The molecule has 0 radical (unpaired) electrons. The molecule has 0 bridgehead atoms. The van der Waals surface area contributed by atoms with Crippen LogP contribution in [0.15, 0.2) is 6.07 Å². The summed E-state index contributed by atoms with van der Waals surface area (Å²) in [4.78, 5) is 15.0. The molecule has 4 nitrogen and oxygen atoms in total. The van der Waals surface area contributed by atoms with Gasteiger partial charge in [0, 0.05) is 6.54 Å². The van der Waals surface area contributed by atoms with E-state index in [1.807, 2.05) is 20.8 Å². The lowest BCUT2D eigenvalue weighted by Crippen LogP contribution is -2.21. The molecule has 6 heteroatoms. The maximum Gasteiger partial charge on any atom is 0.339 e. The monoisotopic (exact) mass is 276 g/mol. The molecule has 0 atom stereocenters. The Morgan fingerprint density at radius 3 is 2.53 bits per heavy atom. The summed E-state index contributed by atoms with van der Waals surface area (Å²) >= 11 is 11.5. The summed E-state index contributed by atoms with van der Waals surface area (Å²) in [6.45, 7) is 6.66. The summed E-state index contributed by atoms with van der Waals surface area (Å²) in [5.74, 6) is -0.852. The van der Waals surface area contributed by atoms with E-state index in [1.165, 1.54) is 6.07 Å². The number of aromatic carboxylic acids is 1. The fourth-order valence-corrected chi connectivity index (χ4v) is 1.40. The average molecular weight is 277 g/mol. The van der Waals surface area contributed by atoms with E-state index in [0.717, 1.165) is 0 Å². The van der Waals surface area contributed by atoms with Crippen LogP contribution in [0.2, 0.25) is 10.2 Å². The average Bonchev–Trinajstić information content (AvgIpc) is 2.17. The first-order valence-corrected chi connectivity index (χ1v) is 5.79. The van der Waals surface area contributed by atoms with Gasteiger partial charge in [-0.3, -0.25) is 0 Å². The molecule has 0 saturated heterocycles. The Balaban J connectivity index is 3.05. The van der Waals surface area contributed by atoms with Crippen LogP contribution < -0.4 is 5.32 Å². The number of hydrogen-bond donors (Lipinski definition) is 2. The Labute approximate surface area is 110 Å². The van der Waals surface area contributed by atoms with Crippen molar-refractivity contribution in [2.24, 2.45) is 5.41 Å². The lowest BCUT2D eigenvalue weighted by Gasteiger charge is -2.20. The maximum absolute atomic E-state index is 11.0. The number of pyridine rings is 1. The quantitative estimate of drug-likeness (QED) is 0.829. The van der Waals surface area contributed by atoms with E-state index in [1.54, 1.807) is 0 Å². The molecule has 0 aliphatic heterocycles. The van der Waals surface area contributed by atoms with E-state index >= 15 is 0 Å². The topological polar surface area (TPSA) is 62.2 Å². The Kier molecular flexibility index (Phi) is 4.22. The van der Waals surface area contributed by atoms with Crippen LogP contribution in [0.3, 0.4) is 0 Å². The normalized spacial score (nSPS) is 11.4. The third-order valence-electron chi connectivity index (χ3n) is 1.95. The Bertz CT molecular complexity index is 442. The number of carbonyl (C=O) groups is 1. The molecule has 1 heterocycles. The fraction of sp³-hybridized carbons (Fsp3) is 0.455. The van der Waals surface area contributed by atoms with Crippen LogP contribution in [0.4, 0.5) is 5.82 Å². The number of anilines is 1. The number of aromatic nitrogens is 1. The summed E-state index contributed by atoms with van der Waals surface area (Å²) in [5, 5.41) is 12.2. The molecule has 2 N–H and O–H groups in total. The van der Waals surface area contributed by atoms with Crippen molar-refractivity contribution < 1.29 is 9.90 Å². The van der Waals surface area contributed by atoms with E-state index in [9.17, 15) is 4.79 Å². The predicted octanol–water partition coefficient (Wildman–Crippen LogP) is 3.54. The number of nitrogens with zero attached hydrogens (tertiary/aromatic N) is 1. The van der Waals surface area contributed by atoms with Gasteiger partial charge in [-0.2, -0.15) is 0 Å². The van der Waals surface area contributed by atoms with Crippen molar-refractivity contribution in [1.82, 2.24) is 4.98 Å². The minimum atomic E-state index is -1.09. The van der Waals surface area contributed by atoms with Crippen molar-refractivity contribution in [2.45, 2.75) is 20.8 Å². The van der Waals surface area contributed by atoms with Crippen LogP contribution in [0, 0.1) is 5.41 Å². The van der Waals surface area contributed by atoms with Crippen LogP contribution in [-0.2, 0) is 0 Å². The Morgan fingerprint density at radius 2 is 2.06 bits per heavy atom.